The summed E-state index contributed by atoms with van der Waals surface area (Å²) >= 11 is 0. The van der Waals surface area contributed by atoms with Gasteiger partial charge in [0, 0.05) is 11.9 Å². The molecule has 0 aromatic heterocycles. The number of fused-ring (bicyclic) bond motifs is 6. The molecule has 3 atom stereocenters. The second-order valence-electron chi connectivity index (χ2n) is 10.0. The number of benzene rings is 4. The van der Waals surface area contributed by atoms with Crippen molar-refractivity contribution in [3.63, 3.8) is 0 Å². The molecule has 6 heteroatoms. The molecule has 3 fully saturated rings. The highest BCUT2D eigenvalue weighted by atomic mass is 16.2. The van der Waals surface area contributed by atoms with Gasteiger partial charge in [0.25, 0.3) is 5.91 Å². The number of carbonyl (C=O) groups excluding carboxylic acids is 3. The fraction of sp³-hybridized carbons (Fsp3) is 0.194. The summed E-state index contributed by atoms with van der Waals surface area (Å²) in [7, 11) is 0. The Morgan fingerprint density at radius 1 is 0.757 bits per heavy atom. The topological polar surface area (TPSA) is 60.9 Å². The lowest BCUT2D eigenvalue weighted by Crippen LogP contribution is -2.55. The van der Waals surface area contributed by atoms with Crippen molar-refractivity contribution in [3.8, 4) is 0 Å². The van der Waals surface area contributed by atoms with Gasteiger partial charge in [-0.3, -0.25) is 9.59 Å². The van der Waals surface area contributed by atoms with Crippen LogP contribution in [0.2, 0.25) is 0 Å². The Hall–Kier alpha value is -4.45. The van der Waals surface area contributed by atoms with Crippen molar-refractivity contribution >= 4 is 34.3 Å². The van der Waals surface area contributed by atoms with Gasteiger partial charge in [0.1, 0.15) is 6.04 Å². The van der Waals surface area contributed by atoms with Crippen LogP contribution in [0.1, 0.15) is 23.5 Å². The van der Waals surface area contributed by atoms with Gasteiger partial charge < -0.3 is 9.80 Å². The maximum atomic E-state index is 14.1. The number of imide groups is 1. The van der Waals surface area contributed by atoms with Gasteiger partial charge in [-0.2, -0.15) is 0 Å². The summed E-state index contributed by atoms with van der Waals surface area (Å²) in [4.78, 5) is 46.5. The molecule has 0 saturated carbocycles. The molecule has 0 aliphatic carbocycles. The molecule has 3 saturated heterocycles. The van der Waals surface area contributed by atoms with Crippen LogP contribution in [0.15, 0.2) is 103 Å². The molecule has 4 amide bonds. The molecule has 2 unspecified atom stereocenters. The number of carbonyl (C=O) groups is 3. The van der Waals surface area contributed by atoms with E-state index in [2.05, 4.69) is 0 Å². The number of urea groups is 1. The van der Waals surface area contributed by atoms with E-state index in [1.54, 1.807) is 4.90 Å². The Morgan fingerprint density at radius 2 is 1.38 bits per heavy atom. The van der Waals surface area contributed by atoms with E-state index in [9.17, 15) is 14.4 Å². The Bertz CT molecular complexity index is 1490. The van der Waals surface area contributed by atoms with E-state index in [1.165, 1.54) is 4.90 Å². The number of nitrogens with zero attached hydrogens (tertiary/aromatic N) is 3. The van der Waals surface area contributed by atoms with Crippen LogP contribution in [0.4, 0.5) is 10.5 Å². The molecule has 0 spiro atoms. The summed E-state index contributed by atoms with van der Waals surface area (Å²) in [6.45, 7) is 0.443. The minimum Gasteiger partial charge on any atom is -0.334 e. The maximum Gasteiger partial charge on any atom is 0.332 e. The molecule has 6 nitrogen and oxygen atoms in total. The van der Waals surface area contributed by atoms with Gasteiger partial charge in [-0.15, -0.1) is 0 Å². The van der Waals surface area contributed by atoms with Crippen LogP contribution in [0.25, 0.3) is 10.8 Å². The first kappa shape index (κ1) is 21.8. The van der Waals surface area contributed by atoms with Crippen molar-refractivity contribution in [3.05, 3.63) is 114 Å². The van der Waals surface area contributed by atoms with E-state index in [0.29, 0.717) is 18.7 Å². The predicted octanol–water partition coefficient (Wildman–Crippen LogP) is 4.79. The van der Waals surface area contributed by atoms with Gasteiger partial charge in [-0.25, -0.2) is 9.69 Å². The normalized spacial score (nSPS) is 22.4. The van der Waals surface area contributed by atoms with Crippen LogP contribution >= 0.6 is 0 Å². The summed E-state index contributed by atoms with van der Waals surface area (Å²) in [6.07, 6.45) is 0.633. The van der Waals surface area contributed by atoms with Crippen molar-refractivity contribution in [2.24, 2.45) is 0 Å². The molecule has 0 radical (unpaired) electrons. The third kappa shape index (κ3) is 3.22. The Labute approximate surface area is 214 Å². The summed E-state index contributed by atoms with van der Waals surface area (Å²) in [5.74, 6) is -0.729. The fourth-order valence-corrected chi connectivity index (χ4v) is 6.47. The van der Waals surface area contributed by atoms with Crippen LogP contribution in [0.5, 0.6) is 0 Å². The Morgan fingerprint density at radius 3 is 2.08 bits per heavy atom. The van der Waals surface area contributed by atoms with Crippen LogP contribution in [0.3, 0.4) is 0 Å². The van der Waals surface area contributed by atoms with Crippen LogP contribution in [0, 0.1) is 0 Å². The zero-order valence-electron chi connectivity index (χ0n) is 20.1. The zero-order chi connectivity index (χ0) is 25.1. The molecule has 182 valence electrons. The number of likely N-dealkylation sites (tertiary alicyclic amines) is 1. The average molecular weight is 488 g/mol. The van der Waals surface area contributed by atoms with Crippen molar-refractivity contribution in [1.29, 1.82) is 0 Å². The molecular weight excluding hydrogens is 462 g/mol. The highest BCUT2D eigenvalue weighted by molar-refractivity contribution is 6.25. The monoisotopic (exact) mass is 487 g/mol. The molecule has 0 N–H and O–H groups in total. The summed E-state index contributed by atoms with van der Waals surface area (Å²) < 4.78 is 0. The third-order valence-corrected chi connectivity index (χ3v) is 8.07. The number of piperazine rings is 1. The van der Waals surface area contributed by atoms with E-state index in [4.69, 9.17) is 0 Å². The van der Waals surface area contributed by atoms with Gasteiger partial charge in [-0.1, -0.05) is 97.1 Å². The summed E-state index contributed by atoms with van der Waals surface area (Å²) in [6, 6.07) is 31.6. The molecule has 4 aromatic carbocycles. The standard InChI is InChI=1S/C31H25N3O3/c35-29(27(21-11-3-1-4-12-21)22-13-5-2-6-14-22)32-19-23-18-26(32)28-30(36)34(31(37)33(23)28)25-17-9-15-20-10-7-8-16-24(20)25/h1-17,23,26-28H,18-19H2/t23?,26?,28-/m1/s1. The lowest BCUT2D eigenvalue weighted by molar-refractivity contribution is -0.136. The first-order valence-electron chi connectivity index (χ1n) is 12.7. The van der Waals surface area contributed by atoms with Gasteiger partial charge >= 0.3 is 6.03 Å². The molecule has 3 heterocycles. The van der Waals surface area contributed by atoms with Gasteiger partial charge in [0.05, 0.1) is 23.7 Å². The lowest BCUT2D eigenvalue weighted by Gasteiger charge is -2.37. The number of rotatable bonds is 4. The molecule has 2 bridgehead atoms. The fourth-order valence-electron chi connectivity index (χ4n) is 6.47. The van der Waals surface area contributed by atoms with E-state index < -0.39 is 12.0 Å². The van der Waals surface area contributed by atoms with Gasteiger partial charge in [-0.05, 0) is 29.0 Å². The van der Waals surface area contributed by atoms with E-state index in [-0.39, 0.29) is 29.9 Å². The Balaban J connectivity index is 1.24. The minimum absolute atomic E-state index is 0.0200. The SMILES string of the molecule is O=C1[C@H]2C3CC(CN3C(=O)C(c3ccccc3)c3ccccc3)N2C(=O)N1c1cccc2ccccc12. The highest BCUT2D eigenvalue weighted by Crippen LogP contribution is 2.44. The molecule has 7 rings (SSSR count). The molecule has 4 aromatic rings. The van der Waals surface area contributed by atoms with Crippen LogP contribution < -0.4 is 4.90 Å². The van der Waals surface area contributed by atoms with Crippen LogP contribution in [-0.2, 0) is 9.59 Å². The highest BCUT2D eigenvalue weighted by Gasteiger charge is 2.63. The van der Waals surface area contributed by atoms with Crippen molar-refractivity contribution in [2.45, 2.75) is 30.5 Å². The number of anilines is 1. The maximum absolute atomic E-state index is 14.1. The quantitative estimate of drug-likeness (QED) is 0.389. The number of hydrogen-bond acceptors (Lipinski definition) is 3. The Kier molecular flexibility index (Phi) is 4.89. The second-order valence-corrected chi connectivity index (χ2v) is 10.0. The minimum atomic E-state index is -0.652. The van der Waals surface area contributed by atoms with E-state index >= 15 is 0 Å². The molecular formula is C31H25N3O3. The first-order valence-corrected chi connectivity index (χ1v) is 12.7. The molecule has 37 heavy (non-hydrogen) atoms. The third-order valence-electron chi connectivity index (χ3n) is 8.07. The van der Waals surface area contributed by atoms with Crippen LogP contribution in [-0.4, -0.2) is 52.3 Å². The first-order chi connectivity index (χ1) is 18.1. The average Bonchev–Trinajstić information content (AvgIpc) is 3.61. The zero-order valence-corrected chi connectivity index (χ0v) is 20.1. The van der Waals surface area contributed by atoms with E-state index in [0.717, 1.165) is 21.9 Å². The van der Waals surface area contributed by atoms with Crippen molar-refractivity contribution in [1.82, 2.24) is 9.80 Å². The molecule has 3 aliphatic rings. The van der Waals surface area contributed by atoms with Gasteiger partial charge in [0.2, 0.25) is 5.91 Å². The predicted molar refractivity (Wildman–Crippen MR) is 141 cm³/mol. The number of hydrogen-bond donors (Lipinski definition) is 0. The van der Waals surface area contributed by atoms with Gasteiger partial charge in [0.15, 0.2) is 0 Å². The van der Waals surface area contributed by atoms with Crippen molar-refractivity contribution < 1.29 is 14.4 Å². The van der Waals surface area contributed by atoms with Crippen molar-refractivity contribution in [2.75, 3.05) is 11.4 Å². The smallest absolute Gasteiger partial charge is 0.332 e. The number of amides is 4. The molecule has 3 aliphatic heterocycles. The van der Waals surface area contributed by atoms with E-state index in [1.807, 2.05) is 108 Å². The summed E-state index contributed by atoms with van der Waals surface area (Å²) in [5.41, 5.74) is 2.44. The second kappa shape index (κ2) is 8.30. The lowest BCUT2D eigenvalue weighted by atomic mass is 9.89. The summed E-state index contributed by atoms with van der Waals surface area (Å²) in [5, 5.41) is 1.84. The largest absolute Gasteiger partial charge is 0.334 e.